The maximum Gasteiger partial charge on any atom is 0.0991 e. The molecule has 0 aliphatic rings. The molecule has 1 aromatic heterocycles. The first-order chi connectivity index (χ1) is 25.2. The Morgan fingerprint density at radius 1 is 0.353 bits per heavy atom. The molecule has 8 aromatic carbocycles. The minimum atomic E-state index is 0.552. The highest BCUT2D eigenvalue weighted by molar-refractivity contribution is 6.21. The summed E-state index contributed by atoms with van der Waals surface area (Å²) < 4.78 is 2.17. The maximum atomic E-state index is 9.97. The topological polar surface area (TPSA) is 76.3 Å². The summed E-state index contributed by atoms with van der Waals surface area (Å²) in [5.74, 6) is 0. The average Bonchev–Trinajstić information content (AvgIpc) is 3.52. The van der Waals surface area contributed by atoms with Crippen molar-refractivity contribution in [2.75, 3.05) is 0 Å². The quantitative estimate of drug-likeness (QED) is 0.179. The minimum absolute atomic E-state index is 0.552. The van der Waals surface area contributed by atoms with Gasteiger partial charge in [0.15, 0.2) is 0 Å². The van der Waals surface area contributed by atoms with Crippen molar-refractivity contribution in [3.63, 3.8) is 0 Å². The van der Waals surface area contributed by atoms with Crippen molar-refractivity contribution in [2.24, 2.45) is 0 Å². The Balaban J connectivity index is 1.26. The van der Waals surface area contributed by atoms with Crippen LogP contribution in [0.4, 0.5) is 0 Å². The normalized spacial score (nSPS) is 11.1. The number of aromatic nitrogens is 1. The molecule has 0 aliphatic carbocycles. The van der Waals surface area contributed by atoms with Gasteiger partial charge in [0.05, 0.1) is 51.6 Å². The van der Waals surface area contributed by atoms with Crippen LogP contribution in [0.3, 0.4) is 0 Å². The summed E-state index contributed by atoms with van der Waals surface area (Å²) in [7, 11) is 0. The van der Waals surface area contributed by atoms with Crippen LogP contribution < -0.4 is 0 Å². The van der Waals surface area contributed by atoms with E-state index in [1.807, 2.05) is 54.6 Å². The molecule has 4 nitrogen and oxygen atoms in total. The van der Waals surface area contributed by atoms with E-state index in [0.717, 1.165) is 44.2 Å². The van der Waals surface area contributed by atoms with Crippen LogP contribution in [0.25, 0.3) is 82.4 Å². The van der Waals surface area contributed by atoms with Gasteiger partial charge in [-0.05, 0) is 104 Å². The van der Waals surface area contributed by atoms with Gasteiger partial charge >= 0.3 is 0 Å². The highest BCUT2D eigenvalue weighted by atomic mass is 15.0. The van der Waals surface area contributed by atoms with Gasteiger partial charge in [0, 0.05) is 16.3 Å². The number of nitriles is 3. The van der Waals surface area contributed by atoms with E-state index in [1.165, 1.54) is 38.2 Å². The highest BCUT2D eigenvalue weighted by Gasteiger charge is 2.19. The Kier molecular flexibility index (Phi) is 6.93. The second-order valence-corrected chi connectivity index (χ2v) is 12.7. The molecule has 0 atom stereocenters. The van der Waals surface area contributed by atoms with E-state index >= 15 is 0 Å². The van der Waals surface area contributed by atoms with Gasteiger partial charge < -0.3 is 4.57 Å². The molecule has 0 saturated heterocycles. The minimum Gasteiger partial charge on any atom is -0.309 e. The Morgan fingerprint density at radius 2 is 0.765 bits per heavy atom. The van der Waals surface area contributed by atoms with Gasteiger partial charge in [-0.15, -0.1) is 0 Å². The van der Waals surface area contributed by atoms with E-state index in [0.29, 0.717) is 16.7 Å². The van der Waals surface area contributed by atoms with Crippen molar-refractivity contribution in [3.8, 4) is 57.3 Å². The number of benzene rings is 8. The number of rotatable bonds is 4. The molecule has 4 heteroatoms. The summed E-state index contributed by atoms with van der Waals surface area (Å²) in [6, 6.07) is 60.4. The fourth-order valence-corrected chi connectivity index (χ4v) is 7.63. The fourth-order valence-electron chi connectivity index (χ4n) is 7.63. The van der Waals surface area contributed by atoms with Gasteiger partial charge in [0.2, 0.25) is 0 Å². The van der Waals surface area contributed by atoms with Gasteiger partial charge in [-0.1, -0.05) is 103 Å². The second-order valence-electron chi connectivity index (χ2n) is 12.7. The molecule has 0 amide bonds. The lowest BCUT2D eigenvalue weighted by molar-refractivity contribution is 1.18. The van der Waals surface area contributed by atoms with E-state index in [2.05, 4.69) is 126 Å². The molecule has 1 heterocycles. The van der Waals surface area contributed by atoms with Crippen LogP contribution in [0.5, 0.6) is 0 Å². The van der Waals surface area contributed by atoms with Gasteiger partial charge in [0.1, 0.15) is 0 Å². The molecule has 9 aromatic rings. The van der Waals surface area contributed by atoms with Gasteiger partial charge in [-0.3, -0.25) is 0 Å². The van der Waals surface area contributed by atoms with Crippen molar-refractivity contribution in [1.82, 2.24) is 4.57 Å². The molecule has 0 fully saturated rings. The summed E-state index contributed by atoms with van der Waals surface area (Å²) in [5, 5.41) is 35.9. The van der Waals surface area contributed by atoms with Crippen LogP contribution in [0.15, 0.2) is 158 Å². The lowest BCUT2D eigenvalue weighted by Gasteiger charge is -2.18. The molecule has 51 heavy (non-hydrogen) atoms. The van der Waals surface area contributed by atoms with Crippen molar-refractivity contribution in [3.05, 3.63) is 174 Å². The van der Waals surface area contributed by atoms with E-state index in [4.69, 9.17) is 0 Å². The molecular weight excluding hydrogens is 621 g/mol. The van der Waals surface area contributed by atoms with Gasteiger partial charge in [-0.2, -0.15) is 15.8 Å². The lowest BCUT2D eigenvalue weighted by Crippen LogP contribution is -1.98. The molecule has 0 saturated carbocycles. The summed E-state index contributed by atoms with van der Waals surface area (Å²) in [6.07, 6.45) is 0. The third kappa shape index (κ3) is 4.74. The van der Waals surface area contributed by atoms with Crippen LogP contribution in [0.1, 0.15) is 16.7 Å². The standard InChI is InChI=1S/C47H26N4/c48-27-30-14-21-43(51-44-22-15-31(28-49)25-41(44)42-26-32(29-50)16-23-45(42)51)40(24-30)33-17-19-35(20-18-33)47-38-12-6-4-10-36(38)46(34-8-2-1-3-9-34)37-11-5-7-13-39(37)47/h1-26H. The summed E-state index contributed by atoms with van der Waals surface area (Å²) in [6.45, 7) is 0. The SMILES string of the molecule is N#Cc1ccc(-n2c3ccc(C#N)cc3c3cc(C#N)ccc32)c(-c2ccc(-c3c4ccccc4c(-c4ccccc4)c4ccccc34)cc2)c1. The number of nitrogens with zero attached hydrogens (tertiary/aromatic N) is 4. The monoisotopic (exact) mass is 646 g/mol. The summed E-state index contributed by atoms with van der Waals surface area (Å²) in [5.41, 5.74) is 11.0. The molecular formula is C47H26N4. The average molecular weight is 647 g/mol. The maximum absolute atomic E-state index is 9.97. The van der Waals surface area contributed by atoms with Crippen LogP contribution in [0.2, 0.25) is 0 Å². The molecule has 9 rings (SSSR count). The zero-order chi connectivity index (χ0) is 34.5. The van der Waals surface area contributed by atoms with Crippen LogP contribution >= 0.6 is 0 Å². The lowest BCUT2D eigenvalue weighted by atomic mass is 9.85. The molecule has 0 unspecified atom stereocenters. The first-order valence-corrected chi connectivity index (χ1v) is 16.7. The molecule has 0 radical (unpaired) electrons. The number of hydrogen-bond acceptors (Lipinski definition) is 3. The van der Waals surface area contributed by atoms with E-state index in [1.54, 1.807) is 0 Å². The largest absolute Gasteiger partial charge is 0.309 e. The van der Waals surface area contributed by atoms with Gasteiger partial charge in [0.25, 0.3) is 0 Å². The number of hydrogen-bond donors (Lipinski definition) is 0. The smallest absolute Gasteiger partial charge is 0.0991 e. The van der Waals surface area contributed by atoms with Gasteiger partial charge in [-0.25, -0.2) is 0 Å². The first-order valence-electron chi connectivity index (χ1n) is 16.7. The van der Waals surface area contributed by atoms with Crippen LogP contribution in [-0.4, -0.2) is 4.57 Å². The van der Waals surface area contributed by atoms with Crippen molar-refractivity contribution >= 4 is 43.4 Å². The molecule has 0 aliphatic heterocycles. The second kappa shape index (κ2) is 11.9. The van der Waals surface area contributed by atoms with E-state index < -0.39 is 0 Å². The Morgan fingerprint density at radius 3 is 1.25 bits per heavy atom. The fraction of sp³-hybridized carbons (Fsp3) is 0. The zero-order valence-electron chi connectivity index (χ0n) is 27.3. The summed E-state index contributed by atoms with van der Waals surface area (Å²) >= 11 is 0. The molecule has 0 N–H and O–H groups in total. The molecule has 0 spiro atoms. The Labute approximate surface area is 294 Å². The first kappa shape index (κ1) is 29.7. The third-order valence-electron chi connectivity index (χ3n) is 9.87. The predicted molar refractivity (Wildman–Crippen MR) is 206 cm³/mol. The van der Waals surface area contributed by atoms with Crippen molar-refractivity contribution < 1.29 is 0 Å². The molecule has 234 valence electrons. The zero-order valence-corrected chi connectivity index (χ0v) is 27.3. The van der Waals surface area contributed by atoms with E-state index in [-0.39, 0.29) is 0 Å². The van der Waals surface area contributed by atoms with Crippen molar-refractivity contribution in [1.29, 1.82) is 15.8 Å². The molecule has 0 bridgehead atoms. The van der Waals surface area contributed by atoms with Crippen LogP contribution in [-0.2, 0) is 0 Å². The number of fused-ring (bicyclic) bond motifs is 5. The predicted octanol–water partition coefficient (Wildman–Crippen LogP) is 11.7. The van der Waals surface area contributed by atoms with Crippen LogP contribution in [0, 0.1) is 34.0 Å². The summed E-state index contributed by atoms with van der Waals surface area (Å²) in [4.78, 5) is 0. The Hall–Kier alpha value is -7.45. The highest BCUT2D eigenvalue weighted by Crippen LogP contribution is 2.44. The van der Waals surface area contributed by atoms with Crippen molar-refractivity contribution in [2.45, 2.75) is 0 Å². The third-order valence-corrected chi connectivity index (χ3v) is 9.87. The Bertz CT molecular complexity index is 2860. The van der Waals surface area contributed by atoms with E-state index in [9.17, 15) is 15.8 Å².